The second-order valence-corrected chi connectivity index (χ2v) is 15.8. The van der Waals surface area contributed by atoms with E-state index in [0.717, 1.165) is 83.5 Å². The van der Waals surface area contributed by atoms with E-state index in [-0.39, 0.29) is 24.9 Å². The predicted molar refractivity (Wildman–Crippen MR) is 236 cm³/mol. The maximum atomic E-state index is 13.1. The molecule has 0 spiro atoms. The molecule has 0 heterocycles. The van der Waals surface area contributed by atoms with E-state index in [9.17, 15) is 19.8 Å². The molecule has 0 aliphatic rings. The largest absolute Gasteiger partial charge is 0.462 e. The molecule has 0 saturated carbocycles. The number of amides is 1. The van der Waals surface area contributed by atoms with Crippen molar-refractivity contribution in [3.05, 3.63) is 48.6 Å². The van der Waals surface area contributed by atoms with E-state index in [2.05, 4.69) is 74.7 Å². The van der Waals surface area contributed by atoms with E-state index in [4.69, 9.17) is 4.74 Å². The van der Waals surface area contributed by atoms with Gasteiger partial charge in [-0.2, -0.15) is 0 Å². The van der Waals surface area contributed by atoms with Crippen molar-refractivity contribution in [1.82, 2.24) is 5.32 Å². The first-order valence-electron chi connectivity index (χ1n) is 23.4. The van der Waals surface area contributed by atoms with Crippen LogP contribution in [0.5, 0.6) is 0 Å². The SMILES string of the molecule is CCCCC/C=C\C/C=C\C/C=C\C/C=C\CCCCCC(=O)OC(CCCCCCCCCC)CC(=O)NC(CO)C(O)CCCCCCCCCCC. The molecule has 3 atom stereocenters. The lowest BCUT2D eigenvalue weighted by molar-refractivity contribution is -0.151. The molecule has 55 heavy (non-hydrogen) atoms. The molecule has 0 bridgehead atoms. The standard InChI is InChI=1S/C49H89NO5/c1-4-7-10-13-16-19-20-21-22-23-24-25-26-27-28-30-33-36-39-42-49(54)55-45(40-37-34-31-18-15-12-9-6-3)43-48(53)50-46(44-51)47(52)41-38-35-32-29-17-14-11-8-5-2/h16,19,21-22,24-25,27-28,45-47,51-52H,4-15,17-18,20,23,26,29-44H2,1-3H3,(H,50,53)/b19-16-,22-21-,25-24-,28-27-. The highest BCUT2D eigenvalue weighted by molar-refractivity contribution is 5.77. The monoisotopic (exact) mass is 772 g/mol. The van der Waals surface area contributed by atoms with Gasteiger partial charge in [0.2, 0.25) is 5.91 Å². The third kappa shape index (κ3) is 38.5. The van der Waals surface area contributed by atoms with Gasteiger partial charge >= 0.3 is 5.97 Å². The Labute approximate surface area is 340 Å². The van der Waals surface area contributed by atoms with Crippen LogP contribution in [0.4, 0.5) is 0 Å². The number of carbonyl (C=O) groups is 2. The van der Waals surface area contributed by atoms with E-state index < -0.39 is 18.2 Å². The molecular weight excluding hydrogens is 683 g/mol. The van der Waals surface area contributed by atoms with Gasteiger partial charge in [0.25, 0.3) is 0 Å². The third-order valence-electron chi connectivity index (χ3n) is 10.4. The normalized spacial score (nSPS) is 13.8. The second-order valence-electron chi connectivity index (χ2n) is 15.8. The van der Waals surface area contributed by atoms with Crippen LogP contribution in [-0.4, -0.2) is 46.9 Å². The molecule has 3 unspecified atom stereocenters. The summed E-state index contributed by atoms with van der Waals surface area (Å²) in [5, 5.41) is 23.5. The Morgan fingerprint density at radius 3 is 1.42 bits per heavy atom. The summed E-state index contributed by atoms with van der Waals surface area (Å²) in [5.74, 6) is -0.513. The first-order valence-corrected chi connectivity index (χ1v) is 23.4. The smallest absolute Gasteiger partial charge is 0.306 e. The number of hydrogen-bond donors (Lipinski definition) is 3. The quantitative estimate of drug-likeness (QED) is 0.0327. The molecule has 0 aliphatic carbocycles. The van der Waals surface area contributed by atoms with Crippen molar-refractivity contribution in [3.8, 4) is 0 Å². The van der Waals surface area contributed by atoms with Gasteiger partial charge in [-0.15, -0.1) is 0 Å². The number of ether oxygens (including phenoxy) is 1. The maximum Gasteiger partial charge on any atom is 0.306 e. The highest BCUT2D eigenvalue weighted by Crippen LogP contribution is 2.17. The summed E-state index contributed by atoms with van der Waals surface area (Å²) in [7, 11) is 0. The molecule has 320 valence electrons. The number of aliphatic hydroxyl groups excluding tert-OH is 2. The summed E-state index contributed by atoms with van der Waals surface area (Å²) >= 11 is 0. The zero-order chi connectivity index (χ0) is 40.3. The van der Waals surface area contributed by atoms with Crippen LogP contribution in [-0.2, 0) is 14.3 Å². The van der Waals surface area contributed by atoms with Crippen LogP contribution < -0.4 is 5.32 Å². The van der Waals surface area contributed by atoms with Gasteiger partial charge in [0.15, 0.2) is 0 Å². The predicted octanol–water partition coefficient (Wildman–Crippen LogP) is 13.5. The highest BCUT2D eigenvalue weighted by Gasteiger charge is 2.24. The van der Waals surface area contributed by atoms with Gasteiger partial charge in [-0.3, -0.25) is 9.59 Å². The minimum absolute atomic E-state index is 0.0650. The van der Waals surface area contributed by atoms with E-state index in [1.165, 1.54) is 96.3 Å². The number of rotatable bonds is 41. The molecule has 0 fully saturated rings. The van der Waals surface area contributed by atoms with Crippen molar-refractivity contribution in [2.75, 3.05) is 6.61 Å². The molecule has 0 rings (SSSR count). The molecule has 3 N–H and O–H groups in total. The van der Waals surface area contributed by atoms with Gasteiger partial charge in [-0.05, 0) is 70.6 Å². The molecule has 0 aromatic carbocycles. The van der Waals surface area contributed by atoms with E-state index in [1.807, 2.05) is 0 Å². The fourth-order valence-electron chi connectivity index (χ4n) is 6.82. The Morgan fingerprint density at radius 1 is 0.527 bits per heavy atom. The van der Waals surface area contributed by atoms with Gasteiger partial charge in [0.1, 0.15) is 6.10 Å². The maximum absolute atomic E-state index is 13.1. The first kappa shape index (κ1) is 52.8. The minimum Gasteiger partial charge on any atom is -0.462 e. The van der Waals surface area contributed by atoms with Crippen LogP contribution in [0.3, 0.4) is 0 Å². The molecule has 6 heteroatoms. The molecule has 0 aromatic rings. The van der Waals surface area contributed by atoms with E-state index in [0.29, 0.717) is 19.3 Å². The molecule has 0 aromatic heterocycles. The Bertz CT molecular complexity index is 957. The molecule has 0 aliphatic heterocycles. The number of esters is 1. The Kier molecular flexibility index (Phi) is 41.2. The fourth-order valence-corrected chi connectivity index (χ4v) is 6.82. The Hall–Kier alpha value is -2.18. The van der Waals surface area contributed by atoms with Crippen LogP contribution in [0.1, 0.15) is 226 Å². The summed E-state index contributed by atoms with van der Waals surface area (Å²) in [6.07, 6.45) is 50.4. The van der Waals surface area contributed by atoms with Gasteiger partial charge in [-0.1, -0.05) is 191 Å². The number of nitrogens with one attached hydrogen (secondary N) is 1. The summed E-state index contributed by atoms with van der Waals surface area (Å²) in [6.45, 7) is 6.39. The average Bonchev–Trinajstić information content (AvgIpc) is 3.18. The molecule has 0 radical (unpaired) electrons. The van der Waals surface area contributed by atoms with Crippen LogP contribution in [0.2, 0.25) is 0 Å². The van der Waals surface area contributed by atoms with E-state index in [1.54, 1.807) is 0 Å². The van der Waals surface area contributed by atoms with Crippen molar-refractivity contribution in [1.29, 1.82) is 0 Å². The number of allylic oxidation sites excluding steroid dienone is 8. The summed E-state index contributed by atoms with van der Waals surface area (Å²) in [5.41, 5.74) is 0. The third-order valence-corrected chi connectivity index (χ3v) is 10.4. The van der Waals surface area contributed by atoms with Gasteiger partial charge in [0.05, 0.1) is 25.2 Å². The summed E-state index contributed by atoms with van der Waals surface area (Å²) in [4.78, 5) is 25.9. The zero-order valence-corrected chi connectivity index (χ0v) is 36.3. The second kappa shape index (κ2) is 43.0. The lowest BCUT2D eigenvalue weighted by Crippen LogP contribution is -2.46. The average molecular weight is 772 g/mol. The Morgan fingerprint density at radius 2 is 0.927 bits per heavy atom. The van der Waals surface area contributed by atoms with Crippen molar-refractivity contribution in [2.24, 2.45) is 0 Å². The van der Waals surface area contributed by atoms with Crippen LogP contribution >= 0.6 is 0 Å². The molecule has 1 amide bonds. The van der Waals surface area contributed by atoms with Gasteiger partial charge < -0.3 is 20.3 Å². The highest BCUT2D eigenvalue weighted by atomic mass is 16.5. The van der Waals surface area contributed by atoms with Crippen molar-refractivity contribution < 1.29 is 24.5 Å². The molecule has 0 saturated heterocycles. The number of unbranched alkanes of at least 4 members (excludes halogenated alkanes) is 21. The van der Waals surface area contributed by atoms with Gasteiger partial charge in [-0.25, -0.2) is 0 Å². The fraction of sp³-hybridized carbons (Fsp3) is 0.796. The minimum atomic E-state index is -0.789. The summed E-state index contributed by atoms with van der Waals surface area (Å²) in [6, 6.07) is -0.703. The molecule has 6 nitrogen and oxygen atoms in total. The topological polar surface area (TPSA) is 95.9 Å². The van der Waals surface area contributed by atoms with Crippen molar-refractivity contribution in [2.45, 2.75) is 244 Å². The van der Waals surface area contributed by atoms with Crippen LogP contribution in [0.25, 0.3) is 0 Å². The van der Waals surface area contributed by atoms with Crippen molar-refractivity contribution in [3.63, 3.8) is 0 Å². The molecular formula is C49H89NO5. The van der Waals surface area contributed by atoms with Crippen LogP contribution in [0, 0.1) is 0 Å². The van der Waals surface area contributed by atoms with E-state index >= 15 is 0 Å². The lowest BCUT2D eigenvalue weighted by atomic mass is 10.0. The van der Waals surface area contributed by atoms with Gasteiger partial charge in [0, 0.05) is 6.42 Å². The number of carbonyl (C=O) groups excluding carboxylic acids is 2. The summed E-state index contributed by atoms with van der Waals surface area (Å²) < 4.78 is 5.87. The number of hydrogen-bond acceptors (Lipinski definition) is 5. The lowest BCUT2D eigenvalue weighted by Gasteiger charge is -2.24. The zero-order valence-electron chi connectivity index (χ0n) is 36.3. The first-order chi connectivity index (χ1) is 27.0. The number of aliphatic hydroxyl groups is 2. The Balaban J connectivity index is 4.50. The van der Waals surface area contributed by atoms with Crippen molar-refractivity contribution >= 4 is 11.9 Å². The van der Waals surface area contributed by atoms with Crippen LogP contribution in [0.15, 0.2) is 48.6 Å².